The molecule has 1 N–H and O–H groups in total. The average molecular weight is 312 g/mol. The molecule has 2 rings (SSSR count). The first-order valence-corrected chi connectivity index (χ1v) is 7.50. The highest BCUT2D eigenvalue weighted by Gasteiger charge is 2.25. The maximum atomic E-state index is 5.81. The monoisotopic (exact) mass is 311 g/mol. The molecule has 18 heavy (non-hydrogen) atoms. The standard InChI is InChI=1S/C15H22BrNO/c1-10(2)15-9-12(7-8-18-15)17-14-6-4-5-13(16)11(14)3/h4-6,10,12,15,17H,7-9H2,1-3H3. The molecule has 0 bridgehead atoms. The number of nitrogens with one attached hydrogen (secondary N) is 1. The van der Waals surface area contributed by atoms with Crippen molar-refractivity contribution in [3.05, 3.63) is 28.2 Å². The van der Waals surface area contributed by atoms with Gasteiger partial charge >= 0.3 is 0 Å². The summed E-state index contributed by atoms with van der Waals surface area (Å²) in [6.45, 7) is 7.48. The maximum absolute atomic E-state index is 5.81. The zero-order valence-electron chi connectivity index (χ0n) is 11.4. The van der Waals surface area contributed by atoms with Crippen molar-refractivity contribution >= 4 is 21.6 Å². The van der Waals surface area contributed by atoms with Crippen molar-refractivity contribution in [1.29, 1.82) is 0 Å². The van der Waals surface area contributed by atoms with E-state index in [1.807, 2.05) is 0 Å². The second-order valence-corrected chi connectivity index (χ2v) is 6.29. The van der Waals surface area contributed by atoms with Gasteiger partial charge in [-0.25, -0.2) is 0 Å². The highest BCUT2D eigenvalue weighted by atomic mass is 79.9. The lowest BCUT2D eigenvalue weighted by molar-refractivity contribution is -0.0160. The number of hydrogen-bond acceptors (Lipinski definition) is 2. The van der Waals surface area contributed by atoms with Crippen LogP contribution in [0.5, 0.6) is 0 Å². The van der Waals surface area contributed by atoms with E-state index < -0.39 is 0 Å². The molecule has 2 unspecified atom stereocenters. The predicted octanol–water partition coefficient (Wildman–Crippen LogP) is 4.37. The Hall–Kier alpha value is -0.540. The van der Waals surface area contributed by atoms with Crippen LogP contribution in [0.4, 0.5) is 5.69 Å². The topological polar surface area (TPSA) is 21.3 Å². The van der Waals surface area contributed by atoms with Gasteiger partial charge in [0, 0.05) is 22.8 Å². The third-order valence-electron chi connectivity index (χ3n) is 3.69. The molecule has 0 spiro atoms. The highest BCUT2D eigenvalue weighted by molar-refractivity contribution is 9.10. The van der Waals surface area contributed by atoms with E-state index in [1.165, 1.54) is 15.7 Å². The summed E-state index contributed by atoms with van der Waals surface area (Å²) in [6, 6.07) is 6.85. The molecule has 1 aromatic rings. The second-order valence-electron chi connectivity index (χ2n) is 5.43. The molecule has 2 nitrogen and oxygen atoms in total. The van der Waals surface area contributed by atoms with Crippen LogP contribution in [0, 0.1) is 12.8 Å². The summed E-state index contributed by atoms with van der Waals surface area (Å²) < 4.78 is 6.98. The number of hydrogen-bond donors (Lipinski definition) is 1. The van der Waals surface area contributed by atoms with Gasteiger partial charge in [-0.05, 0) is 43.4 Å². The van der Waals surface area contributed by atoms with Crippen LogP contribution in [-0.4, -0.2) is 18.8 Å². The summed E-state index contributed by atoms with van der Waals surface area (Å²) in [5, 5.41) is 3.66. The normalized spacial score (nSPS) is 24.3. The molecule has 1 heterocycles. The summed E-state index contributed by atoms with van der Waals surface area (Å²) in [7, 11) is 0. The smallest absolute Gasteiger partial charge is 0.0617 e. The summed E-state index contributed by atoms with van der Waals surface area (Å²) in [5.74, 6) is 0.596. The van der Waals surface area contributed by atoms with Gasteiger partial charge in [0.05, 0.1) is 6.10 Å². The fraction of sp³-hybridized carbons (Fsp3) is 0.600. The van der Waals surface area contributed by atoms with Crippen molar-refractivity contribution in [2.24, 2.45) is 5.92 Å². The van der Waals surface area contributed by atoms with Crippen LogP contribution in [0.3, 0.4) is 0 Å². The number of halogens is 1. The number of benzene rings is 1. The Morgan fingerprint density at radius 1 is 1.39 bits per heavy atom. The molecule has 0 aromatic heterocycles. The van der Waals surface area contributed by atoms with Crippen molar-refractivity contribution in [1.82, 2.24) is 0 Å². The van der Waals surface area contributed by atoms with E-state index in [4.69, 9.17) is 4.74 Å². The van der Waals surface area contributed by atoms with Crippen molar-refractivity contribution < 1.29 is 4.74 Å². The Labute approximate surface area is 118 Å². The van der Waals surface area contributed by atoms with Gasteiger partial charge in [0.15, 0.2) is 0 Å². The van der Waals surface area contributed by atoms with E-state index in [9.17, 15) is 0 Å². The maximum Gasteiger partial charge on any atom is 0.0617 e. The van der Waals surface area contributed by atoms with Crippen LogP contribution in [0.1, 0.15) is 32.3 Å². The van der Waals surface area contributed by atoms with Gasteiger partial charge in [-0.2, -0.15) is 0 Å². The summed E-state index contributed by atoms with van der Waals surface area (Å²) in [4.78, 5) is 0. The molecule has 1 aromatic carbocycles. The van der Waals surface area contributed by atoms with Gasteiger partial charge in [-0.3, -0.25) is 0 Å². The molecule has 0 radical (unpaired) electrons. The fourth-order valence-corrected chi connectivity index (χ4v) is 2.77. The summed E-state index contributed by atoms with van der Waals surface area (Å²) >= 11 is 3.58. The van der Waals surface area contributed by atoms with Gasteiger partial charge in [0.25, 0.3) is 0 Å². The molecule has 1 fully saturated rings. The minimum absolute atomic E-state index is 0.392. The van der Waals surface area contributed by atoms with Crippen LogP contribution in [0.15, 0.2) is 22.7 Å². The van der Waals surface area contributed by atoms with Crippen molar-refractivity contribution in [3.8, 4) is 0 Å². The van der Waals surface area contributed by atoms with Crippen LogP contribution >= 0.6 is 15.9 Å². The molecule has 2 atom stereocenters. The molecule has 3 heteroatoms. The average Bonchev–Trinajstić information content (AvgIpc) is 2.35. The molecule has 0 saturated carbocycles. The Balaban J connectivity index is 2.03. The quantitative estimate of drug-likeness (QED) is 0.894. The van der Waals surface area contributed by atoms with E-state index in [1.54, 1.807) is 0 Å². The van der Waals surface area contributed by atoms with Crippen molar-refractivity contribution in [2.75, 3.05) is 11.9 Å². The number of rotatable bonds is 3. The molecular weight excluding hydrogens is 290 g/mol. The van der Waals surface area contributed by atoms with Crippen LogP contribution < -0.4 is 5.32 Å². The Morgan fingerprint density at radius 3 is 2.89 bits per heavy atom. The number of ether oxygens (including phenoxy) is 1. The summed E-state index contributed by atoms with van der Waals surface area (Å²) in [6.07, 6.45) is 2.59. The Kier molecular flexibility index (Phi) is 4.68. The highest BCUT2D eigenvalue weighted by Crippen LogP contribution is 2.27. The van der Waals surface area contributed by atoms with Gasteiger partial charge in [-0.1, -0.05) is 35.8 Å². The third kappa shape index (κ3) is 3.27. The molecular formula is C15H22BrNO. The van der Waals surface area contributed by atoms with Crippen molar-refractivity contribution in [3.63, 3.8) is 0 Å². The zero-order valence-corrected chi connectivity index (χ0v) is 13.0. The predicted molar refractivity (Wildman–Crippen MR) is 80.1 cm³/mol. The van der Waals surface area contributed by atoms with Crippen LogP contribution in [-0.2, 0) is 4.74 Å². The SMILES string of the molecule is Cc1c(Br)cccc1NC1CCOC(C(C)C)C1. The molecule has 1 saturated heterocycles. The first kappa shape index (κ1) is 13.9. The first-order chi connectivity index (χ1) is 8.58. The lowest BCUT2D eigenvalue weighted by Gasteiger charge is -2.33. The lowest BCUT2D eigenvalue weighted by atomic mass is 9.95. The minimum Gasteiger partial charge on any atom is -0.382 e. The van der Waals surface area contributed by atoms with E-state index in [0.717, 1.165) is 19.4 Å². The third-order valence-corrected chi connectivity index (χ3v) is 4.55. The van der Waals surface area contributed by atoms with Gasteiger partial charge in [-0.15, -0.1) is 0 Å². The summed E-state index contributed by atoms with van der Waals surface area (Å²) in [5.41, 5.74) is 2.52. The van der Waals surface area contributed by atoms with Crippen LogP contribution in [0.25, 0.3) is 0 Å². The van der Waals surface area contributed by atoms with Gasteiger partial charge in [0.2, 0.25) is 0 Å². The largest absolute Gasteiger partial charge is 0.382 e. The minimum atomic E-state index is 0.392. The zero-order chi connectivity index (χ0) is 13.1. The van der Waals surface area contributed by atoms with Gasteiger partial charge in [0.1, 0.15) is 0 Å². The lowest BCUT2D eigenvalue weighted by Crippen LogP contribution is -2.36. The Bertz CT molecular complexity index is 405. The first-order valence-electron chi connectivity index (χ1n) is 6.71. The molecule has 0 aliphatic carbocycles. The fourth-order valence-electron chi connectivity index (χ4n) is 2.41. The second kappa shape index (κ2) is 6.07. The van der Waals surface area contributed by atoms with E-state index >= 15 is 0 Å². The molecule has 1 aliphatic heterocycles. The van der Waals surface area contributed by atoms with E-state index in [-0.39, 0.29) is 0 Å². The molecule has 1 aliphatic rings. The molecule has 0 amide bonds. The van der Waals surface area contributed by atoms with Crippen molar-refractivity contribution in [2.45, 2.75) is 45.8 Å². The molecule has 100 valence electrons. The number of anilines is 1. The Morgan fingerprint density at radius 2 is 2.17 bits per heavy atom. The van der Waals surface area contributed by atoms with Crippen LogP contribution in [0.2, 0.25) is 0 Å². The van der Waals surface area contributed by atoms with E-state index in [2.05, 4.69) is 60.2 Å². The van der Waals surface area contributed by atoms with Gasteiger partial charge < -0.3 is 10.1 Å². The van der Waals surface area contributed by atoms with E-state index in [0.29, 0.717) is 18.1 Å².